The summed E-state index contributed by atoms with van der Waals surface area (Å²) >= 11 is 0. The number of carbonyl (C=O) groups excluding carboxylic acids is 1. The standard InChI is InChI=1S/C13H19N3O3/c1-18-11-6-16(7-12(11)19-2)10-5-8(14)3-4-9(10)13(15)17/h3-5,11-12H,6-7,14H2,1-2H3,(H2,15,17). The minimum Gasteiger partial charge on any atom is -0.399 e. The van der Waals surface area contributed by atoms with E-state index in [-0.39, 0.29) is 12.2 Å². The van der Waals surface area contributed by atoms with Crippen LogP contribution in [0.4, 0.5) is 11.4 Å². The molecule has 2 unspecified atom stereocenters. The lowest BCUT2D eigenvalue weighted by atomic mass is 10.1. The molecule has 104 valence electrons. The van der Waals surface area contributed by atoms with E-state index in [9.17, 15) is 4.79 Å². The summed E-state index contributed by atoms with van der Waals surface area (Å²) in [7, 11) is 3.29. The van der Waals surface area contributed by atoms with Crippen molar-refractivity contribution in [3.05, 3.63) is 23.8 Å². The fourth-order valence-corrected chi connectivity index (χ4v) is 2.41. The predicted molar refractivity (Wildman–Crippen MR) is 73.2 cm³/mol. The number of primary amides is 1. The van der Waals surface area contributed by atoms with Crippen molar-refractivity contribution in [3.8, 4) is 0 Å². The van der Waals surface area contributed by atoms with Gasteiger partial charge in [0, 0.05) is 33.0 Å². The third kappa shape index (κ3) is 2.64. The number of nitrogens with two attached hydrogens (primary N) is 2. The lowest BCUT2D eigenvalue weighted by molar-refractivity contribution is -0.00461. The van der Waals surface area contributed by atoms with Gasteiger partial charge in [0.2, 0.25) is 0 Å². The number of nitrogen functional groups attached to an aromatic ring is 1. The molecule has 1 aliphatic rings. The SMILES string of the molecule is COC1CN(c2cc(N)ccc2C(N)=O)CC1OC. The maximum atomic E-state index is 11.5. The van der Waals surface area contributed by atoms with E-state index in [1.807, 2.05) is 4.90 Å². The first-order chi connectivity index (χ1) is 9.06. The molecule has 0 saturated carbocycles. The van der Waals surface area contributed by atoms with Gasteiger partial charge in [0.1, 0.15) is 12.2 Å². The molecule has 4 N–H and O–H groups in total. The van der Waals surface area contributed by atoms with E-state index in [1.54, 1.807) is 32.4 Å². The molecule has 0 aliphatic carbocycles. The second kappa shape index (κ2) is 5.46. The van der Waals surface area contributed by atoms with Crippen LogP contribution in [0.2, 0.25) is 0 Å². The zero-order valence-corrected chi connectivity index (χ0v) is 11.1. The Bertz CT molecular complexity index is 466. The maximum Gasteiger partial charge on any atom is 0.250 e. The van der Waals surface area contributed by atoms with Crippen LogP contribution in [-0.4, -0.2) is 45.4 Å². The molecule has 1 fully saturated rings. The van der Waals surface area contributed by atoms with E-state index in [4.69, 9.17) is 20.9 Å². The molecule has 0 bridgehead atoms. The van der Waals surface area contributed by atoms with Crippen molar-refractivity contribution in [1.82, 2.24) is 0 Å². The molecule has 1 aromatic carbocycles. The molecule has 0 radical (unpaired) electrons. The quantitative estimate of drug-likeness (QED) is 0.760. The summed E-state index contributed by atoms with van der Waals surface area (Å²) in [4.78, 5) is 13.5. The minimum atomic E-state index is -0.468. The largest absolute Gasteiger partial charge is 0.399 e. The number of hydrogen-bond donors (Lipinski definition) is 2. The third-order valence-corrected chi connectivity index (χ3v) is 3.45. The van der Waals surface area contributed by atoms with E-state index in [2.05, 4.69) is 0 Å². The average molecular weight is 265 g/mol. The number of rotatable bonds is 4. The van der Waals surface area contributed by atoms with Gasteiger partial charge in [-0.15, -0.1) is 0 Å². The Hall–Kier alpha value is -1.79. The van der Waals surface area contributed by atoms with Gasteiger partial charge in [-0.3, -0.25) is 4.79 Å². The van der Waals surface area contributed by atoms with Crippen LogP contribution in [0.15, 0.2) is 18.2 Å². The topological polar surface area (TPSA) is 90.8 Å². The molecule has 1 amide bonds. The molecule has 1 saturated heterocycles. The molecule has 0 spiro atoms. The van der Waals surface area contributed by atoms with Gasteiger partial charge in [0.15, 0.2) is 0 Å². The van der Waals surface area contributed by atoms with E-state index in [1.165, 1.54) is 0 Å². The van der Waals surface area contributed by atoms with Crippen molar-refractivity contribution in [1.29, 1.82) is 0 Å². The molecule has 1 heterocycles. The molecule has 2 atom stereocenters. The lowest BCUT2D eigenvalue weighted by Crippen LogP contribution is -2.27. The van der Waals surface area contributed by atoms with Gasteiger partial charge >= 0.3 is 0 Å². The van der Waals surface area contributed by atoms with Crippen LogP contribution in [-0.2, 0) is 9.47 Å². The number of ether oxygens (including phenoxy) is 2. The van der Waals surface area contributed by atoms with Gasteiger partial charge in [-0.05, 0) is 18.2 Å². The Labute approximate surface area is 112 Å². The molecule has 1 aliphatic heterocycles. The summed E-state index contributed by atoms with van der Waals surface area (Å²) in [6, 6.07) is 5.07. The Balaban J connectivity index is 2.32. The average Bonchev–Trinajstić information content (AvgIpc) is 2.81. The number of nitrogens with zero attached hydrogens (tertiary/aromatic N) is 1. The second-order valence-electron chi connectivity index (χ2n) is 4.59. The van der Waals surface area contributed by atoms with Crippen LogP contribution in [0.5, 0.6) is 0 Å². The second-order valence-corrected chi connectivity index (χ2v) is 4.59. The van der Waals surface area contributed by atoms with Gasteiger partial charge in [0.05, 0.1) is 11.3 Å². The third-order valence-electron chi connectivity index (χ3n) is 3.45. The number of carbonyl (C=O) groups is 1. The Kier molecular flexibility index (Phi) is 3.92. The lowest BCUT2D eigenvalue weighted by Gasteiger charge is -2.21. The van der Waals surface area contributed by atoms with Gasteiger partial charge in [0.25, 0.3) is 5.91 Å². The molecule has 0 aromatic heterocycles. The fraction of sp³-hybridized carbons (Fsp3) is 0.462. The van der Waals surface area contributed by atoms with Crippen molar-refractivity contribution in [2.45, 2.75) is 12.2 Å². The number of anilines is 2. The maximum absolute atomic E-state index is 11.5. The smallest absolute Gasteiger partial charge is 0.250 e. The summed E-state index contributed by atoms with van der Waals surface area (Å²) in [5.41, 5.74) is 13.0. The molecular formula is C13H19N3O3. The van der Waals surface area contributed by atoms with Crippen LogP contribution in [0, 0.1) is 0 Å². The van der Waals surface area contributed by atoms with Crippen LogP contribution in [0.25, 0.3) is 0 Å². The Morgan fingerprint density at radius 3 is 2.32 bits per heavy atom. The summed E-state index contributed by atoms with van der Waals surface area (Å²) in [6.45, 7) is 1.28. The monoisotopic (exact) mass is 265 g/mol. The zero-order valence-electron chi connectivity index (χ0n) is 11.1. The first kappa shape index (κ1) is 13.6. The number of amides is 1. The van der Waals surface area contributed by atoms with Gasteiger partial charge in [-0.25, -0.2) is 0 Å². The van der Waals surface area contributed by atoms with Gasteiger partial charge < -0.3 is 25.8 Å². The van der Waals surface area contributed by atoms with Crippen molar-refractivity contribution in [2.75, 3.05) is 37.9 Å². The summed E-state index contributed by atoms with van der Waals surface area (Å²) in [5, 5.41) is 0. The first-order valence-corrected chi connectivity index (χ1v) is 6.06. The van der Waals surface area contributed by atoms with Crippen LogP contribution < -0.4 is 16.4 Å². The van der Waals surface area contributed by atoms with Gasteiger partial charge in [-0.1, -0.05) is 0 Å². The number of methoxy groups -OCH3 is 2. The van der Waals surface area contributed by atoms with E-state index >= 15 is 0 Å². The van der Waals surface area contributed by atoms with Crippen molar-refractivity contribution in [3.63, 3.8) is 0 Å². The van der Waals surface area contributed by atoms with Crippen molar-refractivity contribution in [2.24, 2.45) is 5.73 Å². The Morgan fingerprint density at radius 2 is 1.84 bits per heavy atom. The van der Waals surface area contributed by atoms with E-state index in [0.29, 0.717) is 24.3 Å². The molecule has 2 rings (SSSR count). The van der Waals surface area contributed by atoms with E-state index in [0.717, 1.165) is 5.69 Å². The van der Waals surface area contributed by atoms with Gasteiger partial charge in [-0.2, -0.15) is 0 Å². The zero-order chi connectivity index (χ0) is 14.0. The van der Waals surface area contributed by atoms with Crippen LogP contribution >= 0.6 is 0 Å². The summed E-state index contributed by atoms with van der Waals surface area (Å²) < 4.78 is 10.8. The highest BCUT2D eigenvalue weighted by Crippen LogP contribution is 2.28. The molecule has 6 heteroatoms. The molecule has 19 heavy (non-hydrogen) atoms. The molecule has 1 aromatic rings. The minimum absolute atomic E-state index is 0.0350. The van der Waals surface area contributed by atoms with Crippen LogP contribution in [0.1, 0.15) is 10.4 Å². The highest BCUT2D eigenvalue weighted by molar-refractivity contribution is 5.99. The first-order valence-electron chi connectivity index (χ1n) is 6.06. The Morgan fingerprint density at radius 1 is 1.26 bits per heavy atom. The summed E-state index contributed by atoms with van der Waals surface area (Å²) in [6.07, 6.45) is -0.0701. The normalized spacial score (nSPS) is 22.7. The molecular weight excluding hydrogens is 246 g/mol. The highest BCUT2D eigenvalue weighted by atomic mass is 16.5. The van der Waals surface area contributed by atoms with Crippen LogP contribution in [0.3, 0.4) is 0 Å². The number of hydrogen-bond acceptors (Lipinski definition) is 5. The molecule has 6 nitrogen and oxygen atoms in total. The van der Waals surface area contributed by atoms with Crippen molar-refractivity contribution >= 4 is 17.3 Å². The number of benzene rings is 1. The summed E-state index contributed by atoms with van der Waals surface area (Å²) in [5.74, 6) is -0.468. The van der Waals surface area contributed by atoms with E-state index < -0.39 is 5.91 Å². The fourth-order valence-electron chi connectivity index (χ4n) is 2.41. The predicted octanol–water partition coefficient (Wildman–Crippen LogP) is 0.218. The van der Waals surface area contributed by atoms with Crippen molar-refractivity contribution < 1.29 is 14.3 Å². The highest BCUT2D eigenvalue weighted by Gasteiger charge is 2.34.